The van der Waals surface area contributed by atoms with Crippen LogP contribution in [0.15, 0.2) is 12.1 Å². The molecule has 7 rings (SSSR count). The van der Waals surface area contributed by atoms with Gasteiger partial charge in [0.05, 0.1) is 45.6 Å². The van der Waals surface area contributed by atoms with E-state index in [0.29, 0.717) is 31.9 Å². The van der Waals surface area contributed by atoms with E-state index in [0.717, 1.165) is 43.6 Å². The number of nitrogen functional groups attached to an aromatic ring is 1. The quantitative estimate of drug-likeness (QED) is 0.238. The first-order valence-corrected chi connectivity index (χ1v) is 17.0. The number of rotatable bonds is 5. The van der Waals surface area contributed by atoms with Crippen molar-refractivity contribution in [2.45, 2.75) is 57.2 Å². The second kappa shape index (κ2) is 12.6. The molecule has 2 saturated heterocycles. The molecule has 2 fully saturated rings. The van der Waals surface area contributed by atoms with Crippen molar-refractivity contribution in [1.82, 2.24) is 9.88 Å². The van der Waals surface area contributed by atoms with Crippen molar-refractivity contribution in [1.29, 1.82) is 10.5 Å². The molecule has 9 nitrogen and oxygen atoms in total. The number of likely N-dealkylation sites (tertiary alicyclic amines) is 1. The molecule has 0 spiro atoms. The van der Waals surface area contributed by atoms with Gasteiger partial charge in [0.1, 0.15) is 45.9 Å². The summed E-state index contributed by atoms with van der Waals surface area (Å²) in [5, 5.41) is 21.1. The Morgan fingerprint density at radius 2 is 1.91 bits per heavy atom. The standard InChI is InChI=1S/C34H33ClF2N6O3S/c1-17(23-7-3-10-42(23)2)46-34-21(15-39)30-26-29(41-34)28(37)25(19-8-9-22(36)32-24(19)20(14-38)33(40)47-32)27(35)31(26)45-13-5-11-43(30)18-6-4-12-44-16-18/h8-9,17-18,23H,3-7,10-13,16,40H2,1-2H3/t17-,18?,23-/m0/s1. The van der Waals surface area contributed by atoms with Crippen molar-refractivity contribution in [2.24, 2.45) is 0 Å². The molecule has 4 aromatic rings. The van der Waals surface area contributed by atoms with Crippen LogP contribution in [0.4, 0.5) is 19.5 Å². The van der Waals surface area contributed by atoms with Crippen LogP contribution in [0.1, 0.15) is 50.2 Å². The van der Waals surface area contributed by atoms with Crippen molar-refractivity contribution in [3.8, 4) is 34.9 Å². The minimum Gasteiger partial charge on any atom is -0.491 e. The summed E-state index contributed by atoms with van der Waals surface area (Å²) in [7, 11) is 2.03. The fourth-order valence-corrected chi connectivity index (χ4v) is 8.64. The monoisotopic (exact) mass is 678 g/mol. The van der Waals surface area contributed by atoms with Gasteiger partial charge in [0.15, 0.2) is 5.82 Å². The van der Waals surface area contributed by atoms with Crippen LogP contribution in [0.5, 0.6) is 11.6 Å². The van der Waals surface area contributed by atoms with Crippen LogP contribution in [0, 0.1) is 34.3 Å². The fourth-order valence-electron chi connectivity index (χ4n) is 7.36. The van der Waals surface area contributed by atoms with E-state index in [1.165, 1.54) is 12.1 Å². The van der Waals surface area contributed by atoms with Gasteiger partial charge in [0.25, 0.3) is 0 Å². The highest BCUT2D eigenvalue weighted by Crippen LogP contribution is 2.52. The molecule has 47 heavy (non-hydrogen) atoms. The maximum Gasteiger partial charge on any atom is 0.234 e. The first-order valence-electron chi connectivity index (χ1n) is 15.8. The zero-order valence-electron chi connectivity index (χ0n) is 26.0. The number of hydrogen-bond donors (Lipinski definition) is 1. The lowest BCUT2D eigenvalue weighted by atomic mass is 9.94. The Kier molecular flexibility index (Phi) is 8.48. The molecular formula is C34H33ClF2N6O3S. The molecule has 0 amide bonds. The Morgan fingerprint density at radius 3 is 2.62 bits per heavy atom. The average molecular weight is 679 g/mol. The predicted octanol–water partition coefficient (Wildman–Crippen LogP) is 7.00. The number of thiophene rings is 1. The number of aromatic nitrogens is 1. The van der Waals surface area contributed by atoms with Crippen molar-refractivity contribution >= 4 is 54.6 Å². The van der Waals surface area contributed by atoms with Crippen LogP contribution in [0.25, 0.3) is 32.1 Å². The highest BCUT2D eigenvalue weighted by molar-refractivity contribution is 7.23. The van der Waals surface area contributed by atoms with Gasteiger partial charge < -0.3 is 24.8 Å². The summed E-state index contributed by atoms with van der Waals surface area (Å²) < 4.78 is 51.1. The van der Waals surface area contributed by atoms with Gasteiger partial charge >= 0.3 is 0 Å². The van der Waals surface area contributed by atoms with E-state index in [-0.39, 0.29) is 89.7 Å². The lowest BCUT2D eigenvalue weighted by molar-refractivity contribution is 0.0787. The molecule has 244 valence electrons. The number of benzene rings is 2. The summed E-state index contributed by atoms with van der Waals surface area (Å²) in [5.74, 6) is -1.21. The molecule has 3 aliphatic heterocycles. The molecule has 2 aromatic carbocycles. The Bertz CT molecular complexity index is 1990. The van der Waals surface area contributed by atoms with E-state index >= 15 is 8.78 Å². The molecule has 3 atom stereocenters. The van der Waals surface area contributed by atoms with Crippen LogP contribution in [-0.4, -0.2) is 68.0 Å². The lowest BCUT2D eigenvalue weighted by Gasteiger charge is -2.39. The number of nitrogens with two attached hydrogens (primary N) is 1. The summed E-state index contributed by atoms with van der Waals surface area (Å²) in [4.78, 5) is 9.03. The molecule has 0 aliphatic carbocycles. The van der Waals surface area contributed by atoms with Crippen LogP contribution < -0.4 is 20.1 Å². The van der Waals surface area contributed by atoms with E-state index in [9.17, 15) is 10.5 Å². The molecule has 0 saturated carbocycles. The number of hydrogen-bond acceptors (Lipinski definition) is 10. The van der Waals surface area contributed by atoms with Crippen molar-refractivity contribution in [2.75, 3.05) is 50.6 Å². The Balaban J connectivity index is 1.55. The van der Waals surface area contributed by atoms with Gasteiger partial charge in [-0.25, -0.2) is 13.8 Å². The molecule has 13 heteroatoms. The molecule has 2 aromatic heterocycles. The number of halogens is 3. The summed E-state index contributed by atoms with van der Waals surface area (Å²) in [6.07, 6.45) is 3.85. The number of ether oxygens (including phenoxy) is 3. The van der Waals surface area contributed by atoms with Crippen molar-refractivity contribution in [3.63, 3.8) is 0 Å². The molecule has 5 heterocycles. The molecule has 1 unspecified atom stereocenters. The first kappa shape index (κ1) is 31.6. The second-order valence-electron chi connectivity index (χ2n) is 12.3. The van der Waals surface area contributed by atoms with Crippen LogP contribution in [0.3, 0.4) is 0 Å². The zero-order chi connectivity index (χ0) is 33.0. The predicted molar refractivity (Wildman–Crippen MR) is 178 cm³/mol. The number of nitrogens with zero attached hydrogens (tertiary/aromatic N) is 5. The smallest absolute Gasteiger partial charge is 0.234 e. The summed E-state index contributed by atoms with van der Waals surface area (Å²) >= 11 is 8.01. The number of fused-ring (bicyclic) bond motifs is 1. The van der Waals surface area contributed by atoms with Gasteiger partial charge in [-0.15, -0.1) is 11.3 Å². The van der Waals surface area contributed by atoms with E-state index in [1.807, 2.05) is 20.0 Å². The Morgan fingerprint density at radius 1 is 1.11 bits per heavy atom. The zero-order valence-corrected chi connectivity index (χ0v) is 27.6. The van der Waals surface area contributed by atoms with Crippen LogP contribution in [-0.2, 0) is 4.74 Å². The van der Waals surface area contributed by atoms with Gasteiger partial charge in [-0.2, -0.15) is 10.5 Å². The molecule has 0 bridgehead atoms. The highest BCUT2D eigenvalue weighted by Gasteiger charge is 2.36. The van der Waals surface area contributed by atoms with Crippen molar-refractivity contribution < 1.29 is 23.0 Å². The van der Waals surface area contributed by atoms with Gasteiger partial charge in [0.2, 0.25) is 5.88 Å². The maximum absolute atomic E-state index is 17.3. The Hall–Kier alpha value is -3.94. The molecule has 2 N–H and O–H groups in total. The summed E-state index contributed by atoms with van der Waals surface area (Å²) in [6.45, 7) is 4.75. The number of anilines is 2. The molecule has 3 aliphatic rings. The molecule has 0 radical (unpaired) electrons. The maximum atomic E-state index is 17.3. The van der Waals surface area contributed by atoms with Crippen LogP contribution in [0.2, 0.25) is 5.02 Å². The van der Waals surface area contributed by atoms with Gasteiger partial charge in [0, 0.05) is 30.1 Å². The fraction of sp³-hybridized carbons (Fsp3) is 0.441. The van der Waals surface area contributed by atoms with E-state index in [4.69, 9.17) is 36.5 Å². The molecular weight excluding hydrogens is 646 g/mol. The van der Waals surface area contributed by atoms with Crippen molar-refractivity contribution in [3.05, 3.63) is 39.9 Å². The second-order valence-corrected chi connectivity index (χ2v) is 13.8. The third-order valence-electron chi connectivity index (χ3n) is 9.59. The number of likely N-dealkylation sites (N-methyl/N-ethyl adjacent to an activating group) is 1. The first-order chi connectivity index (χ1) is 22.7. The highest BCUT2D eigenvalue weighted by atomic mass is 35.5. The van der Waals surface area contributed by atoms with E-state index in [1.54, 1.807) is 0 Å². The lowest BCUT2D eigenvalue weighted by Crippen LogP contribution is -2.43. The van der Waals surface area contributed by atoms with Gasteiger partial charge in [-0.1, -0.05) is 17.7 Å². The Labute approximate surface area is 280 Å². The normalized spacial score (nSPS) is 20.8. The number of pyridine rings is 1. The minimum absolute atomic E-state index is 0.0185. The van der Waals surface area contributed by atoms with Crippen LogP contribution >= 0.6 is 22.9 Å². The summed E-state index contributed by atoms with van der Waals surface area (Å²) in [5.41, 5.74) is 6.76. The third kappa shape index (κ3) is 5.19. The SMILES string of the molecule is C[C@H](Oc1nc2c(F)c(-c3ccc(F)c4sc(N)c(C#N)c34)c(Cl)c3c2c(c1C#N)N(C1CCCOC1)CCCO3)[C@@H]1CCCN1C. The third-order valence-corrected chi connectivity index (χ3v) is 11.0. The summed E-state index contributed by atoms with van der Waals surface area (Å²) in [6, 6.07) is 6.98. The van der Waals surface area contributed by atoms with Gasteiger partial charge in [-0.3, -0.25) is 4.90 Å². The number of nitriles is 2. The van der Waals surface area contributed by atoms with E-state index < -0.39 is 11.6 Å². The van der Waals surface area contributed by atoms with E-state index in [2.05, 4.69) is 15.9 Å². The topological polar surface area (TPSA) is 121 Å². The average Bonchev–Trinajstić information content (AvgIpc) is 3.65. The minimum atomic E-state index is -0.805. The van der Waals surface area contributed by atoms with Gasteiger partial charge in [-0.05, 0) is 64.3 Å². The largest absolute Gasteiger partial charge is 0.491 e.